The Hall–Kier alpha value is -1.48. The van der Waals surface area contributed by atoms with Gasteiger partial charge in [-0.25, -0.2) is 0 Å². The van der Waals surface area contributed by atoms with Gasteiger partial charge >= 0.3 is 12.4 Å². The van der Waals surface area contributed by atoms with E-state index in [4.69, 9.17) is 15.2 Å². The second-order valence-electron chi connectivity index (χ2n) is 3.99. The minimum absolute atomic E-state index is 0.00873. The molecule has 0 unspecified atom stereocenters. The first-order chi connectivity index (χ1) is 9.64. The second kappa shape index (κ2) is 6.99. The Bertz CT molecular complexity index is 426. The molecule has 0 aromatic heterocycles. The number of nitrogens with two attached hydrogens (primary N) is 1. The molecule has 0 bridgehead atoms. The molecular weight excluding hydrogens is 304 g/mol. The average Bonchev–Trinajstić information content (AvgIpc) is 2.36. The smallest absolute Gasteiger partial charge is 0.416 e. The van der Waals surface area contributed by atoms with Crippen LogP contribution in [0.4, 0.5) is 26.3 Å². The zero-order valence-electron chi connectivity index (χ0n) is 10.7. The third-order valence-corrected chi connectivity index (χ3v) is 2.32. The van der Waals surface area contributed by atoms with Gasteiger partial charge < -0.3 is 15.2 Å². The van der Waals surface area contributed by atoms with Crippen molar-refractivity contribution < 1.29 is 35.8 Å². The van der Waals surface area contributed by atoms with Crippen LogP contribution in [0.15, 0.2) is 18.2 Å². The van der Waals surface area contributed by atoms with Gasteiger partial charge in [0.15, 0.2) is 0 Å². The molecule has 0 radical (unpaired) electrons. The number of alkyl halides is 6. The standard InChI is InChI=1S/C12H13F6NO2/c13-11(14,15)8-5-9(12(16,17)18)7-10(6-8)21-4-3-20-2-1-19/h5-7H,1-4,19H2. The SMILES string of the molecule is NCCOCCOc1cc(C(F)(F)F)cc(C(F)(F)F)c1. The predicted molar refractivity (Wildman–Crippen MR) is 61.8 cm³/mol. The van der Waals surface area contributed by atoms with E-state index < -0.39 is 29.2 Å². The third kappa shape index (κ3) is 5.80. The van der Waals surface area contributed by atoms with Crippen molar-refractivity contribution in [3.63, 3.8) is 0 Å². The van der Waals surface area contributed by atoms with Crippen molar-refractivity contribution in [3.05, 3.63) is 29.3 Å². The quantitative estimate of drug-likeness (QED) is 0.648. The highest BCUT2D eigenvalue weighted by Crippen LogP contribution is 2.38. The lowest BCUT2D eigenvalue weighted by Gasteiger charge is -2.14. The van der Waals surface area contributed by atoms with Crippen LogP contribution in [0.1, 0.15) is 11.1 Å². The molecule has 0 saturated heterocycles. The van der Waals surface area contributed by atoms with Crippen molar-refractivity contribution >= 4 is 0 Å². The van der Waals surface area contributed by atoms with E-state index in [1.165, 1.54) is 0 Å². The summed E-state index contributed by atoms with van der Waals surface area (Å²) in [5.74, 6) is -0.520. The molecule has 3 nitrogen and oxygen atoms in total. The van der Waals surface area contributed by atoms with Crippen molar-refractivity contribution in [2.45, 2.75) is 12.4 Å². The molecule has 0 atom stereocenters. The van der Waals surface area contributed by atoms with Crippen LogP contribution in [0.3, 0.4) is 0 Å². The lowest BCUT2D eigenvalue weighted by molar-refractivity contribution is -0.143. The fraction of sp³-hybridized carbons (Fsp3) is 0.500. The predicted octanol–water partition coefficient (Wildman–Crippen LogP) is 3.08. The van der Waals surface area contributed by atoms with Crippen molar-refractivity contribution in [2.75, 3.05) is 26.4 Å². The highest BCUT2D eigenvalue weighted by Gasteiger charge is 2.37. The minimum atomic E-state index is -4.89. The Labute approximate surface area is 116 Å². The van der Waals surface area contributed by atoms with Crippen LogP contribution in [-0.2, 0) is 17.1 Å². The summed E-state index contributed by atoms with van der Waals surface area (Å²) in [6, 6.07) is 1.06. The first-order valence-corrected chi connectivity index (χ1v) is 5.84. The summed E-state index contributed by atoms with van der Waals surface area (Å²) in [4.78, 5) is 0. The fourth-order valence-corrected chi connectivity index (χ4v) is 1.41. The van der Waals surface area contributed by atoms with Crippen LogP contribution in [0.2, 0.25) is 0 Å². The van der Waals surface area contributed by atoms with Gasteiger partial charge in [0.1, 0.15) is 12.4 Å². The zero-order chi connectivity index (χ0) is 16.1. The molecule has 21 heavy (non-hydrogen) atoms. The Morgan fingerprint density at radius 2 is 1.33 bits per heavy atom. The summed E-state index contributed by atoms with van der Waals surface area (Å²) in [7, 11) is 0. The Balaban J connectivity index is 2.88. The van der Waals surface area contributed by atoms with E-state index in [9.17, 15) is 26.3 Å². The van der Waals surface area contributed by atoms with E-state index in [0.717, 1.165) is 0 Å². The minimum Gasteiger partial charge on any atom is -0.491 e. The van der Waals surface area contributed by atoms with E-state index in [0.29, 0.717) is 12.1 Å². The molecule has 0 heterocycles. The van der Waals surface area contributed by atoms with Gasteiger partial charge in [0, 0.05) is 6.54 Å². The molecule has 1 rings (SSSR count). The van der Waals surface area contributed by atoms with E-state index in [1.54, 1.807) is 0 Å². The van der Waals surface area contributed by atoms with Crippen molar-refractivity contribution in [3.8, 4) is 5.75 Å². The van der Waals surface area contributed by atoms with Gasteiger partial charge in [-0.1, -0.05) is 0 Å². The third-order valence-electron chi connectivity index (χ3n) is 2.32. The lowest BCUT2D eigenvalue weighted by Crippen LogP contribution is -2.14. The van der Waals surface area contributed by atoms with Crippen LogP contribution < -0.4 is 10.5 Å². The summed E-state index contributed by atoms with van der Waals surface area (Å²) >= 11 is 0. The van der Waals surface area contributed by atoms with E-state index in [1.807, 2.05) is 0 Å². The number of benzene rings is 1. The van der Waals surface area contributed by atoms with E-state index in [-0.39, 0.29) is 32.4 Å². The van der Waals surface area contributed by atoms with Gasteiger partial charge in [-0.2, -0.15) is 26.3 Å². The summed E-state index contributed by atoms with van der Waals surface area (Å²) < 4.78 is 85.1. The molecule has 1 aromatic rings. The zero-order valence-corrected chi connectivity index (χ0v) is 10.7. The molecule has 0 aliphatic heterocycles. The molecule has 120 valence electrons. The van der Waals surface area contributed by atoms with Crippen molar-refractivity contribution in [1.82, 2.24) is 0 Å². The average molecular weight is 317 g/mol. The lowest BCUT2D eigenvalue weighted by atomic mass is 10.1. The maximum Gasteiger partial charge on any atom is 0.416 e. The molecule has 1 aromatic carbocycles. The van der Waals surface area contributed by atoms with Gasteiger partial charge in [-0.3, -0.25) is 0 Å². The summed E-state index contributed by atoms with van der Waals surface area (Å²) in [5.41, 5.74) is 2.30. The van der Waals surface area contributed by atoms with Crippen LogP contribution in [-0.4, -0.2) is 26.4 Å². The van der Waals surface area contributed by atoms with Gasteiger partial charge in [0.25, 0.3) is 0 Å². The summed E-state index contributed by atoms with van der Waals surface area (Å²) in [5, 5.41) is 0. The number of hydrogen-bond donors (Lipinski definition) is 1. The molecule has 0 aliphatic carbocycles. The topological polar surface area (TPSA) is 44.5 Å². The molecule has 0 amide bonds. The Kier molecular flexibility index (Phi) is 5.85. The molecule has 0 saturated carbocycles. The number of halogens is 6. The van der Waals surface area contributed by atoms with Gasteiger partial charge in [-0.15, -0.1) is 0 Å². The molecular formula is C12H13F6NO2. The first-order valence-electron chi connectivity index (χ1n) is 5.84. The van der Waals surface area contributed by atoms with Crippen molar-refractivity contribution in [2.24, 2.45) is 5.73 Å². The summed E-state index contributed by atoms with van der Waals surface area (Å²) in [6.45, 7) is 0.301. The Morgan fingerprint density at radius 3 is 1.76 bits per heavy atom. The molecule has 2 N–H and O–H groups in total. The maximum absolute atomic E-state index is 12.6. The molecule has 0 aliphatic rings. The van der Waals surface area contributed by atoms with Gasteiger partial charge in [0.2, 0.25) is 0 Å². The highest BCUT2D eigenvalue weighted by atomic mass is 19.4. The number of hydrogen-bond acceptors (Lipinski definition) is 3. The largest absolute Gasteiger partial charge is 0.491 e. The molecule has 0 fully saturated rings. The monoisotopic (exact) mass is 317 g/mol. The van der Waals surface area contributed by atoms with Crippen LogP contribution in [0, 0.1) is 0 Å². The van der Waals surface area contributed by atoms with Crippen molar-refractivity contribution in [1.29, 1.82) is 0 Å². The normalized spacial score (nSPS) is 12.5. The molecule has 0 spiro atoms. The van der Waals surface area contributed by atoms with Crippen LogP contribution in [0.25, 0.3) is 0 Å². The Morgan fingerprint density at radius 1 is 0.810 bits per heavy atom. The van der Waals surface area contributed by atoms with E-state index in [2.05, 4.69) is 0 Å². The molecule has 9 heteroatoms. The van der Waals surface area contributed by atoms with Crippen LogP contribution in [0.5, 0.6) is 5.75 Å². The fourth-order valence-electron chi connectivity index (χ4n) is 1.41. The van der Waals surface area contributed by atoms with Gasteiger partial charge in [0.05, 0.1) is 24.3 Å². The van der Waals surface area contributed by atoms with Gasteiger partial charge in [-0.05, 0) is 18.2 Å². The highest BCUT2D eigenvalue weighted by molar-refractivity contribution is 5.37. The van der Waals surface area contributed by atoms with E-state index >= 15 is 0 Å². The number of ether oxygens (including phenoxy) is 2. The maximum atomic E-state index is 12.6. The van der Waals surface area contributed by atoms with Crippen LogP contribution >= 0.6 is 0 Å². The summed E-state index contributed by atoms with van der Waals surface area (Å²) in [6.07, 6.45) is -9.79. The first kappa shape index (κ1) is 17.6. The second-order valence-corrected chi connectivity index (χ2v) is 3.99. The number of rotatable bonds is 6.